The minimum atomic E-state index is -0.175. The van der Waals surface area contributed by atoms with Crippen molar-refractivity contribution in [1.29, 1.82) is 0 Å². The van der Waals surface area contributed by atoms with Crippen molar-refractivity contribution in [2.75, 3.05) is 0 Å². The predicted octanol–water partition coefficient (Wildman–Crippen LogP) is 4.44. The Balaban J connectivity index is 1.85. The normalized spacial score (nSPS) is 29.5. The van der Waals surface area contributed by atoms with Crippen LogP contribution in [0, 0.1) is 5.41 Å². The summed E-state index contributed by atoms with van der Waals surface area (Å²) < 4.78 is 12.2. The van der Waals surface area contributed by atoms with Crippen molar-refractivity contribution in [2.45, 2.75) is 90.7 Å². The Hall–Kier alpha value is -0.0151. The third-order valence-corrected chi connectivity index (χ3v) is 5.35. The lowest BCUT2D eigenvalue weighted by Gasteiger charge is -2.33. The van der Waals surface area contributed by atoms with Crippen molar-refractivity contribution in [2.24, 2.45) is 5.41 Å². The fourth-order valence-corrected chi connectivity index (χ4v) is 3.20. The van der Waals surface area contributed by atoms with E-state index in [0.29, 0.717) is 5.41 Å². The van der Waals surface area contributed by atoms with Gasteiger partial charge in [-0.3, -0.25) is 0 Å². The molecule has 0 amide bonds. The fourth-order valence-electron chi connectivity index (χ4n) is 3.20. The molecule has 1 aliphatic heterocycles. The summed E-state index contributed by atoms with van der Waals surface area (Å²) in [7, 11) is -0.00579. The molecule has 1 saturated carbocycles. The summed E-state index contributed by atoms with van der Waals surface area (Å²) in [4.78, 5) is 0. The zero-order valence-corrected chi connectivity index (χ0v) is 12.8. The highest BCUT2D eigenvalue weighted by molar-refractivity contribution is 6.45. The lowest BCUT2D eigenvalue weighted by molar-refractivity contribution is 0.00578. The van der Waals surface area contributed by atoms with Gasteiger partial charge in [0.05, 0.1) is 11.2 Å². The molecule has 0 unspecified atom stereocenters. The maximum absolute atomic E-state index is 6.08. The summed E-state index contributed by atoms with van der Waals surface area (Å²) in [6.07, 6.45) is 9.28. The molecule has 0 N–H and O–H groups in total. The van der Waals surface area contributed by atoms with Crippen LogP contribution in [0.25, 0.3) is 0 Å². The van der Waals surface area contributed by atoms with Crippen molar-refractivity contribution in [3.05, 3.63) is 0 Å². The summed E-state index contributed by atoms with van der Waals surface area (Å²) in [6.45, 7) is 11.0. The van der Waals surface area contributed by atoms with E-state index in [-0.39, 0.29) is 18.3 Å². The van der Waals surface area contributed by atoms with E-state index in [1.807, 2.05) is 0 Å². The van der Waals surface area contributed by atoms with E-state index < -0.39 is 0 Å². The van der Waals surface area contributed by atoms with Crippen molar-refractivity contribution in [3.8, 4) is 0 Å². The van der Waals surface area contributed by atoms with Crippen LogP contribution < -0.4 is 0 Å². The second-order valence-corrected chi connectivity index (χ2v) is 7.60. The summed E-state index contributed by atoms with van der Waals surface area (Å²) in [5, 5.41) is 0. The quantitative estimate of drug-likeness (QED) is 0.691. The molecule has 18 heavy (non-hydrogen) atoms. The smallest absolute Gasteiger partial charge is 0.403 e. The topological polar surface area (TPSA) is 18.5 Å². The zero-order chi connectivity index (χ0) is 13.4. The third-order valence-electron chi connectivity index (χ3n) is 5.35. The fraction of sp³-hybridized carbons (Fsp3) is 1.00. The molecule has 104 valence electrons. The third kappa shape index (κ3) is 2.93. The Kier molecular flexibility index (Phi) is 3.86. The van der Waals surface area contributed by atoms with Crippen LogP contribution in [0.4, 0.5) is 0 Å². The minimum absolute atomic E-state index is 0.00579. The summed E-state index contributed by atoms with van der Waals surface area (Å²) >= 11 is 0. The largest absolute Gasteiger partial charge is 0.457 e. The van der Waals surface area contributed by atoms with Crippen LogP contribution in [0.2, 0.25) is 6.32 Å². The molecule has 3 heteroatoms. The first-order valence-electron chi connectivity index (χ1n) is 7.60. The second-order valence-electron chi connectivity index (χ2n) is 7.60. The van der Waals surface area contributed by atoms with Gasteiger partial charge in [-0.25, -0.2) is 0 Å². The van der Waals surface area contributed by atoms with E-state index in [0.717, 1.165) is 6.32 Å². The van der Waals surface area contributed by atoms with E-state index in [4.69, 9.17) is 9.31 Å². The highest BCUT2D eigenvalue weighted by Crippen LogP contribution is 2.43. The second kappa shape index (κ2) is 4.83. The Morgan fingerprint density at radius 3 is 1.83 bits per heavy atom. The van der Waals surface area contributed by atoms with Crippen LogP contribution in [0.15, 0.2) is 0 Å². The van der Waals surface area contributed by atoms with Gasteiger partial charge in [0.25, 0.3) is 0 Å². The molecule has 1 saturated heterocycles. The van der Waals surface area contributed by atoms with Crippen LogP contribution in [0.5, 0.6) is 0 Å². The maximum atomic E-state index is 6.08. The van der Waals surface area contributed by atoms with E-state index in [1.54, 1.807) is 0 Å². The molecule has 2 fully saturated rings. The Bertz CT molecular complexity index is 277. The lowest BCUT2D eigenvalue weighted by atomic mass is 9.68. The van der Waals surface area contributed by atoms with Gasteiger partial charge in [0.15, 0.2) is 0 Å². The summed E-state index contributed by atoms with van der Waals surface area (Å²) in [6, 6.07) is 0. The molecule has 1 aliphatic carbocycles. The molecule has 0 aromatic carbocycles. The predicted molar refractivity (Wildman–Crippen MR) is 76.7 cm³/mol. The van der Waals surface area contributed by atoms with Gasteiger partial charge in [-0.1, -0.05) is 26.2 Å². The van der Waals surface area contributed by atoms with Crippen LogP contribution in [-0.2, 0) is 9.31 Å². The Morgan fingerprint density at radius 2 is 1.33 bits per heavy atom. The lowest BCUT2D eigenvalue weighted by Crippen LogP contribution is -2.41. The number of rotatable bonds is 3. The van der Waals surface area contributed by atoms with Gasteiger partial charge in [-0.05, 0) is 58.7 Å². The molecular weight excluding hydrogens is 223 g/mol. The van der Waals surface area contributed by atoms with Crippen LogP contribution >= 0.6 is 0 Å². The molecule has 0 spiro atoms. The van der Waals surface area contributed by atoms with Gasteiger partial charge in [-0.15, -0.1) is 0 Å². The first kappa shape index (κ1) is 14.4. The Labute approximate surface area is 113 Å². The van der Waals surface area contributed by atoms with Gasteiger partial charge in [0.2, 0.25) is 0 Å². The van der Waals surface area contributed by atoms with Gasteiger partial charge >= 0.3 is 7.12 Å². The molecule has 2 aliphatic rings. The average molecular weight is 252 g/mol. The monoisotopic (exact) mass is 252 g/mol. The van der Waals surface area contributed by atoms with Crippen LogP contribution in [-0.4, -0.2) is 18.3 Å². The maximum Gasteiger partial charge on any atom is 0.457 e. The molecule has 0 aromatic rings. The van der Waals surface area contributed by atoms with Crippen molar-refractivity contribution >= 4 is 7.12 Å². The molecule has 0 atom stereocenters. The molecule has 1 heterocycles. The minimum Gasteiger partial charge on any atom is -0.403 e. The van der Waals surface area contributed by atoms with Gasteiger partial charge in [0, 0.05) is 0 Å². The van der Waals surface area contributed by atoms with Gasteiger partial charge < -0.3 is 9.31 Å². The Morgan fingerprint density at radius 1 is 0.833 bits per heavy atom. The van der Waals surface area contributed by atoms with Gasteiger partial charge in [0.1, 0.15) is 0 Å². The molecular formula is C15H29BO2. The number of hydrogen-bond acceptors (Lipinski definition) is 2. The van der Waals surface area contributed by atoms with Gasteiger partial charge in [-0.2, -0.15) is 0 Å². The summed E-state index contributed by atoms with van der Waals surface area (Å²) in [5.41, 5.74) is 0.179. The van der Waals surface area contributed by atoms with E-state index >= 15 is 0 Å². The van der Waals surface area contributed by atoms with Crippen molar-refractivity contribution in [1.82, 2.24) is 0 Å². The SMILES string of the molecule is CC1(CCB2OC(C)(C)C(C)(C)O2)CCCCC1. The van der Waals surface area contributed by atoms with E-state index in [2.05, 4.69) is 34.6 Å². The highest BCUT2D eigenvalue weighted by atomic mass is 16.7. The highest BCUT2D eigenvalue weighted by Gasteiger charge is 2.51. The van der Waals surface area contributed by atoms with Crippen molar-refractivity contribution in [3.63, 3.8) is 0 Å². The molecule has 0 aromatic heterocycles. The van der Waals surface area contributed by atoms with Crippen LogP contribution in [0.1, 0.15) is 73.1 Å². The molecule has 2 rings (SSSR count). The summed E-state index contributed by atoms with van der Waals surface area (Å²) in [5.74, 6) is 0. The number of hydrogen-bond donors (Lipinski definition) is 0. The van der Waals surface area contributed by atoms with Crippen molar-refractivity contribution < 1.29 is 9.31 Å². The molecule has 0 bridgehead atoms. The standard InChI is InChI=1S/C15H29BO2/c1-13(2)14(3,4)18-16(17-13)12-11-15(5)9-7-6-8-10-15/h6-12H2,1-5H3. The molecule has 0 radical (unpaired) electrons. The average Bonchev–Trinajstić information content (AvgIpc) is 2.46. The van der Waals surface area contributed by atoms with E-state index in [1.165, 1.54) is 38.5 Å². The molecule has 2 nitrogen and oxygen atoms in total. The van der Waals surface area contributed by atoms with Crippen LogP contribution in [0.3, 0.4) is 0 Å². The first-order valence-corrected chi connectivity index (χ1v) is 7.60. The zero-order valence-electron chi connectivity index (χ0n) is 12.8. The van der Waals surface area contributed by atoms with E-state index in [9.17, 15) is 0 Å². The first-order chi connectivity index (χ1) is 8.24.